The maximum Gasteiger partial charge on any atom is 0.255 e. The van der Waals surface area contributed by atoms with Crippen LogP contribution in [0, 0.1) is 5.41 Å². The topological polar surface area (TPSA) is 94.7 Å². The molecule has 0 atom stereocenters. The lowest BCUT2D eigenvalue weighted by atomic mass is 10.1. The third kappa shape index (κ3) is 6.82. The zero-order valence-electron chi connectivity index (χ0n) is 19.3. The Morgan fingerprint density at radius 2 is 1.67 bits per heavy atom. The van der Waals surface area contributed by atoms with Crippen molar-refractivity contribution < 1.29 is 9.53 Å². The summed E-state index contributed by atoms with van der Waals surface area (Å²) < 4.78 is 5.78. The molecule has 3 rings (SSSR count). The van der Waals surface area contributed by atoms with E-state index in [1.165, 1.54) is 0 Å². The molecular weight excluding hydrogens is 414 g/mol. The van der Waals surface area contributed by atoms with E-state index in [0.717, 1.165) is 17.9 Å². The van der Waals surface area contributed by atoms with Gasteiger partial charge in [-0.25, -0.2) is 0 Å². The zero-order chi connectivity index (χ0) is 23.8. The molecule has 172 valence electrons. The minimum absolute atomic E-state index is 0.265. The van der Waals surface area contributed by atoms with Gasteiger partial charge in [0.2, 0.25) is 0 Å². The van der Waals surface area contributed by atoms with Crippen LogP contribution in [0.15, 0.2) is 72.8 Å². The van der Waals surface area contributed by atoms with Crippen LogP contribution < -0.4 is 15.8 Å². The highest BCUT2D eigenvalue weighted by atomic mass is 16.5. The van der Waals surface area contributed by atoms with E-state index in [1.807, 2.05) is 68.5 Å². The van der Waals surface area contributed by atoms with Crippen molar-refractivity contribution >= 4 is 23.1 Å². The molecule has 0 aliphatic rings. The number of likely N-dealkylation sites (N-methyl/N-ethyl adjacent to an activating group) is 2. The van der Waals surface area contributed by atoms with E-state index in [1.54, 1.807) is 30.3 Å². The zero-order valence-corrected chi connectivity index (χ0v) is 19.3. The van der Waals surface area contributed by atoms with E-state index in [4.69, 9.17) is 15.9 Å². The molecule has 0 heterocycles. The number of nitrogen functional groups attached to an aromatic ring is 1. The number of amides is 1. The van der Waals surface area contributed by atoms with E-state index in [9.17, 15) is 4.79 Å². The lowest BCUT2D eigenvalue weighted by molar-refractivity contribution is 0.102. The number of nitrogens with one attached hydrogen (secondary N) is 2. The highest BCUT2D eigenvalue weighted by Crippen LogP contribution is 2.20. The Morgan fingerprint density at radius 1 is 0.970 bits per heavy atom. The summed E-state index contributed by atoms with van der Waals surface area (Å²) in [5.74, 6) is 0.786. The van der Waals surface area contributed by atoms with Crippen LogP contribution in [-0.2, 0) is 6.61 Å². The average molecular weight is 446 g/mol. The van der Waals surface area contributed by atoms with Gasteiger partial charge in [0.1, 0.15) is 18.2 Å². The first-order valence-corrected chi connectivity index (χ1v) is 10.8. The molecule has 0 saturated heterocycles. The summed E-state index contributed by atoms with van der Waals surface area (Å²) in [6.45, 7) is 2.02. The third-order valence-electron chi connectivity index (χ3n) is 5.19. The Kier molecular flexibility index (Phi) is 8.05. The molecule has 1 amide bonds. The smallest absolute Gasteiger partial charge is 0.255 e. The number of carbonyl (C=O) groups is 1. The summed E-state index contributed by atoms with van der Waals surface area (Å²) in [5.41, 5.74) is 9.36. The Labute approximate surface area is 195 Å². The molecule has 0 bridgehead atoms. The number of rotatable bonds is 9. The van der Waals surface area contributed by atoms with Gasteiger partial charge in [-0.3, -0.25) is 10.2 Å². The maximum absolute atomic E-state index is 12.7. The van der Waals surface area contributed by atoms with Crippen LogP contribution in [0.4, 0.5) is 11.4 Å². The van der Waals surface area contributed by atoms with Crippen LogP contribution in [0.2, 0.25) is 0 Å². The van der Waals surface area contributed by atoms with E-state index in [-0.39, 0.29) is 5.91 Å². The molecule has 0 spiro atoms. The van der Waals surface area contributed by atoms with Gasteiger partial charge in [-0.15, -0.1) is 0 Å². The first-order valence-electron chi connectivity index (χ1n) is 10.8. The second-order valence-corrected chi connectivity index (χ2v) is 8.13. The molecule has 7 heteroatoms. The lowest BCUT2D eigenvalue weighted by Gasteiger charge is -2.23. The first-order chi connectivity index (χ1) is 15.8. The van der Waals surface area contributed by atoms with Crippen molar-refractivity contribution in [2.75, 3.05) is 45.3 Å². The van der Waals surface area contributed by atoms with Gasteiger partial charge in [0.05, 0.1) is 0 Å². The van der Waals surface area contributed by atoms with Gasteiger partial charge in [-0.05, 0) is 62.1 Å². The molecule has 0 radical (unpaired) electrons. The summed E-state index contributed by atoms with van der Waals surface area (Å²) in [6.07, 6.45) is 0. The van der Waals surface area contributed by atoms with E-state index < -0.39 is 0 Å². The van der Waals surface area contributed by atoms with Crippen LogP contribution in [0.1, 0.15) is 21.5 Å². The summed E-state index contributed by atoms with van der Waals surface area (Å²) in [5, 5.41) is 11.3. The fraction of sp³-hybridized carbons (Fsp3) is 0.231. The molecule has 0 fully saturated rings. The fourth-order valence-electron chi connectivity index (χ4n) is 3.17. The largest absolute Gasteiger partial charge is 0.489 e. The van der Waals surface area contributed by atoms with Crippen LogP contribution in [0.5, 0.6) is 5.75 Å². The highest BCUT2D eigenvalue weighted by Gasteiger charge is 2.14. The molecule has 0 aromatic heterocycles. The summed E-state index contributed by atoms with van der Waals surface area (Å²) in [7, 11) is 5.84. The van der Waals surface area contributed by atoms with Crippen molar-refractivity contribution in [2.24, 2.45) is 0 Å². The first kappa shape index (κ1) is 23.8. The second-order valence-electron chi connectivity index (χ2n) is 8.13. The molecule has 7 nitrogen and oxygen atoms in total. The molecule has 0 unspecified atom stereocenters. The molecule has 33 heavy (non-hydrogen) atoms. The average Bonchev–Trinajstić information content (AvgIpc) is 2.82. The minimum atomic E-state index is -0.265. The molecule has 4 N–H and O–H groups in total. The van der Waals surface area contributed by atoms with Gasteiger partial charge in [-0.2, -0.15) is 0 Å². The van der Waals surface area contributed by atoms with Gasteiger partial charge in [-0.1, -0.05) is 30.3 Å². The molecule has 0 aliphatic carbocycles. The molecule has 3 aromatic carbocycles. The van der Waals surface area contributed by atoms with Crippen molar-refractivity contribution in [1.29, 1.82) is 5.41 Å². The quantitative estimate of drug-likeness (QED) is 0.264. The number of hydrogen-bond acceptors (Lipinski definition) is 5. The van der Waals surface area contributed by atoms with E-state index >= 15 is 0 Å². The standard InChI is InChI=1S/C26H31N5O2/c1-30(2)15-16-31(3)25(28)23-14-9-20(17-24(23)27)26(32)29-21-10-12-22(13-11-21)33-18-19-7-5-4-6-8-19/h4-14,17,28H,15-16,18,27H2,1-3H3,(H,29,32). The Morgan fingerprint density at radius 3 is 2.30 bits per heavy atom. The van der Waals surface area contributed by atoms with Crippen molar-refractivity contribution in [1.82, 2.24) is 9.80 Å². The van der Waals surface area contributed by atoms with Crippen LogP contribution >= 0.6 is 0 Å². The van der Waals surface area contributed by atoms with Crippen LogP contribution in [0.3, 0.4) is 0 Å². The number of amidine groups is 1. The van der Waals surface area contributed by atoms with Crippen molar-refractivity contribution in [3.05, 3.63) is 89.5 Å². The number of benzene rings is 3. The summed E-state index contributed by atoms with van der Waals surface area (Å²) in [4.78, 5) is 16.6. The number of hydrogen-bond donors (Lipinski definition) is 3. The lowest BCUT2D eigenvalue weighted by Crippen LogP contribution is -2.34. The number of ether oxygens (including phenoxy) is 1. The van der Waals surface area contributed by atoms with Gasteiger partial charge in [0, 0.05) is 42.6 Å². The van der Waals surface area contributed by atoms with Gasteiger partial charge in [0.15, 0.2) is 0 Å². The summed E-state index contributed by atoms with van der Waals surface area (Å²) in [6, 6.07) is 22.2. The fourth-order valence-corrected chi connectivity index (χ4v) is 3.17. The van der Waals surface area contributed by atoms with Gasteiger partial charge < -0.3 is 25.6 Å². The normalized spacial score (nSPS) is 10.7. The van der Waals surface area contributed by atoms with E-state index in [0.29, 0.717) is 41.5 Å². The molecule has 3 aromatic rings. The van der Waals surface area contributed by atoms with Crippen molar-refractivity contribution in [3.8, 4) is 5.75 Å². The van der Waals surface area contributed by atoms with Crippen LogP contribution in [0.25, 0.3) is 0 Å². The highest BCUT2D eigenvalue weighted by molar-refractivity contribution is 6.07. The third-order valence-corrected chi connectivity index (χ3v) is 5.19. The minimum Gasteiger partial charge on any atom is -0.489 e. The number of anilines is 2. The SMILES string of the molecule is CN(C)CCN(C)C(=N)c1ccc(C(=O)Nc2ccc(OCc3ccccc3)cc2)cc1N. The Hall–Kier alpha value is -3.84. The molecule has 0 saturated carbocycles. The number of nitrogens with two attached hydrogens (primary N) is 1. The second kappa shape index (κ2) is 11.2. The van der Waals surface area contributed by atoms with Crippen LogP contribution in [-0.4, -0.2) is 55.8 Å². The van der Waals surface area contributed by atoms with E-state index in [2.05, 4.69) is 10.2 Å². The maximum atomic E-state index is 12.7. The van der Waals surface area contributed by atoms with Gasteiger partial charge >= 0.3 is 0 Å². The summed E-state index contributed by atoms with van der Waals surface area (Å²) >= 11 is 0. The monoisotopic (exact) mass is 445 g/mol. The molecular formula is C26H31N5O2. The number of nitrogens with zero attached hydrogens (tertiary/aromatic N) is 2. The van der Waals surface area contributed by atoms with Gasteiger partial charge in [0.25, 0.3) is 5.91 Å². The predicted octanol–water partition coefficient (Wildman–Crippen LogP) is 3.92. The van der Waals surface area contributed by atoms with Crippen molar-refractivity contribution in [3.63, 3.8) is 0 Å². The molecule has 0 aliphatic heterocycles. The Bertz CT molecular complexity index is 1080. The predicted molar refractivity (Wildman–Crippen MR) is 134 cm³/mol. The van der Waals surface area contributed by atoms with Crippen molar-refractivity contribution in [2.45, 2.75) is 6.61 Å². The number of carbonyl (C=O) groups excluding carboxylic acids is 1. The Balaban J connectivity index is 1.58.